The molecule has 3 unspecified atom stereocenters. The van der Waals surface area contributed by atoms with E-state index in [1.54, 1.807) is 6.07 Å². The molecule has 1 aromatic rings. The molecule has 0 radical (unpaired) electrons. The number of ether oxygens (including phenoxy) is 2. The van der Waals surface area contributed by atoms with E-state index in [4.69, 9.17) is 9.47 Å². The molecule has 0 aliphatic carbocycles. The number of amides is 1. The lowest BCUT2D eigenvalue weighted by Crippen LogP contribution is -2.30. The number of nitrogens with one attached hydrogen (secondary N) is 1. The van der Waals surface area contributed by atoms with Crippen molar-refractivity contribution in [3.63, 3.8) is 0 Å². The van der Waals surface area contributed by atoms with Crippen LogP contribution in [0.2, 0.25) is 0 Å². The number of hydrogen-bond acceptors (Lipinski definition) is 6. The third kappa shape index (κ3) is 8.69. The second-order valence-corrected chi connectivity index (χ2v) is 8.78. The minimum atomic E-state index is -0.576. The number of phenols is 1. The van der Waals surface area contributed by atoms with Gasteiger partial charge in [0.15, 0.2) is 0 Å². The molecule has 0 fully saturated rings. The topological polar surface area (TPSA) is 105 Å². The first-order valence-electron chi connectivity index (χ1n) is 12.0. The highest BCUT2D eigenvalue weighted by molar-refractivity contribution is 5.94. The molecule has 7 heteroatoms. The number of hydrogen-bond donors (Lipinski definition) is 3. The number of carbonyl (C=O) groups excluding carboxylic acids is 2. The highest BCUT2D eigenvalue weighted by atomic mass is 16.6. The number of aliphatic hydroxyl groups excluding tert-OH is 1. The van der Waals surface area contributed by atoms with Crippen molar-refractivity contribution < 1.29 is 29.3 Å². The van der Waals surface area contributed by atoms with E-state index in [1.165, 1.54) is 6.07 Å². The van der Waals surface area contributed by atoms with E-state index in [2.05, 4.69) is 12.2 Å². The second kappa shape index (κ2) is 14.0. The van der Waals surface area contributed by atoms with Gasteiger partial charge in [-0.1, -0.05) is 45.2 Å². The summed E-state index contributed by atoms with van der Waals surface area (Å²) in [4.78, 5) is 24.6. The number of carbonyl (C=O) groups is 2. The van der Waals surface area contributed by atoms with Crippen LogP contribution in [0.4, 0.5) is 4.79 Å². The quantitative estimate of drug-likeness (QED) is 0.391. The molecule has 0 saturated carbocycles. The zero-order valence-corrected chi connectivity index (χ0v) is 19.5. The number of benzene rings is 1. The molecule has 1 amide bonds. The van der Waals surface area contributed by atoms with Crippen LogP contribution in [0.3, 0.4) is 0 Å². The van der Waals surface area contributed by atoms with Crippen LogP contribution in [0.25, 0.3) is 0 Å². The van der Waals surface area contributed by atoms with Crippen molar-refractivity contribution in [3.05, 3.63) is 29.3 Å². The maximum atomic E-state index is 12.9. The average molecular weight is 450 g/mol. The van der Waals surface area contributed by atoms with Gasteiger partial charge in [-0.2, -0.15) is 0 Å². The summed E-state index contributed by atoms with van der Waals surface area (Å²) in [6.07, 6.45) is 6.22. The molecule has 0 bridgehead atoms. The van der Waals surface area contributed by atoms with Crippen LogP contribution in [0.1, 0.15) is 87.6 Å². The summed E-state index contributed by atoms with van der Waals surface area (Å²) < 4.78 is 10.9. The molecule has 0 spiro atoms. The van der Waals surface area contributed by atoms with Crippen LogP contribution in [0.15, 0.2) is 18.2 Å². The highest BCUT2D eigenvalue weighted by Gasteiger charge is 2.26. The van der Waals surface area contributed by atoms with Crippen LogP contribution in [0, 0.1) is 5.92 Å². The van der Waals surface area contributed by atoms with Gasteiger partial charge < -0.3 is 25.0 Å². The number of cyclic esters (lactones) is 1. The maximum Gasteiger partial charge on any atom is 0.407 e. The van der Waals surface area contributed by atoms with Crippen molar-refractivity contribution in [3.8, 4) is 5.75 Å². The summed E-state index contributed by atoms with van der Waals surface area (Å²) in [7, 11) is 0. The standard InChI is InChI=1S/C25H39NO6/c1-3-4-7-16-31-25(30)26-15-9-13-20-17-22(28)18(2)10-5-6-11-19-12-8-14-21(27)23(19)24(29)32-20/h8,12,14,18,20,22,27-28H,3-7,9-11,13,15-17H2,1-2H3,(H,26,30). The molecule has 7 nitrogen and oxygen atoms in total. The number of aryl methyl sites for hydroxylation is 1. The minimum Gasteiger partial charge on any atom is -0.507 e. The fourth-order valence-corrected chi connectivity index (χ4v) is 4.03. The Morgan fingerprint density at radius 3 is 2.84 bits per heavy atom. The third-order valence-corrected chi connectivity index (χ3v) is 6.08. The number of alkyl carbamates (subject to hydrolysis) is 1. The Hall–Kier alpha value is -2.28. The fraction of sp³-hybridized carbons (Fsp3) is 0.680. The number of esters is 1. The minimum absolute atomic E-state index is 0.0790. The van der Waals surface area contributed by atoms with E-state index in [-0.39, 0.29) is 17.2 Å². The molecule has 2 rings (SSSR count). The molecule has 1 heterocycles. The molecule has 180 valence electrons. The predicted octanol–water partition coefficient (Wildman–Crippen LogP) is 4.73. The van der Waals surface area contributed by atoms with Gasteiger partial charge in [-0.15, -0.1) is 0 Å². The Labute approximate surface area is 191 Å². The highest BCUT2D eigenvalue weighted by Crippen LogP contribution is 2.28. The first-order chi connectivity index (χ1) is 15.4. The smallest absolute Gasteiger partial charge is 0.407 e. The Morgan fingerprint density at radius 1 is 1.25 bits per heavy atom. The normalized spacial score (nSPS) is 22.1. The van der Waals surface area contributed by atoms with E-state index < -0.39 is 24.3 Å². The molecule has 3 N–H and O–H groups in total. The molecular formula is C25H39NO6. The van der Waals surface area contributed by atoms with E-state index in [1.807, 2.05) is 13.0 Å². The summed E-state index contributed by atoms with van der Waals surface area (Å²) in [5.74, 6) is -0.535. The van der Waals surface area contributed by atoms with Crippen molar-refractivity contribution in [1.82, 2.24) is 5.32 Å². The summed E-state index contributed by atoms with van der Waals surface area (Å²) in [6.45, 7) is 4.92. The second-order valence-electron chi connectivity index (χ2n) is 8.78. The summed E-state index contributed by atoms with van der Waals surface area (Å²) >= 11 is 0. The molecule has 1 aliphatic heterocycles. The van der Waals surface area contributed by atoms with Crippen LogP contribution in [0.5, 0.6) is 5.75 Å². The molecule has 0 saturated heterocycles. The Balaban J connectivity index is 1.96. The van der Waals surface area contributed by atoms with Gasteiger partial charge in [-0.3, -0.25) is 0 Å². The maximum absolute atomic E-state index is 12.9. The number of aromatic hydroxyl groups is 1. The van der Waals surface area contributed by atoms with Crippen molar-refractivity contribution >= 4 is 12.1 Å². The number of phenolic OH excluding ortho intramolecular Hbond substituents is 1. The Morgan fingerprint density at radius 2 is 2.06 bits per heavy atom. The summed E-state index contributed by atoms with van der Waals surface area (Å²) in [5.41, 5.74) is 1.00. The van der Waals surface area contributed by atoms with Crippen LogP contribution < -0.4 is 5.32 Å². The molecule has 32 heavy (non-hydrogen) atoms. The van der Waals surface area contributed by atoms with E-state index in [9.17, 15) is 19.8 Å². The molecule has 1 aliphatic rings. The SMILES string of the molecule is CCCCCOC(=O)NCCCC1CC(O)C(C)CCCCc2cccc(O)c2C(=O)O1. The van der Waals surface area contributed by atoms with Gasteiger partial charge in [0, 0.05) is 13.0 Å². The van der Waals surface area contributed by atoms with Gasteiger partial charge in [-0.05, 0) is 56.1 Å². The van der Waals surface area contributed by atoms with Gasteiger partial charge >= 0.3 is 12.1 Å². The molecule has 1 aromatic carbocycles. The Bertz CT molecular complexity index is 722. The van der Waals surface area contributed by atoms with Gasteiger partial charge in [0.05, 0.1) is 12.7 Å². The zero-order chi connectivity index (χ0) is 23.3. The Kier molecular flexibility index (Phi) is 11.4. The van der Waals surface area contributed by atoms with Crippen LogP contribution in [-0.2, 0) is 15.9 Å². The monoisotopic (exact) mass is 449 g/mol. The summed E-state index contributed by atoms with van der Waals surface area (Å²) in [5, 5.41) is 23.6. The van der Waals surface area contributed by atoms with Gasteiger partial charge in [0.25, 0.3) is 0 Å². The van der Waals surface area contributed by atoms with Gasteiger partial charge in [-0.25, -0.2) is 9.59 Å². The third-order valence-electron chi connectivity index (χ3n) is 6.08. The lowest BCUT2D eigenvalue weighted by Gasteiger charge is -2.26. The largest absolute Gasteiger partial charge is 0.507 e. The molecule has 0 aromatic heterocycles. The fourth-order valence-electron chi connectivity index (χ4n) is 4.03. The van der Waals surface area contributed by atoms with Crippen LogP contribution in [-0.4, -0.2) is 47.6 Å². The number of aliphatic hydroxyl groups is 1. The average Bonchev–Trinajstić information content (AvgIpc) is 2.76. The molecular weight excluding hydrogens is 410 g/mol. The van der Waals surface area contributed by atoms with Gasteiger partial charge in [0.1, 0.15) is 17.4 Å². The number of fused-ring (bicyclic) bond motifs is 1. The van der Waals surface area contributed by atoms with Crippen molar-refractivity contribution in [2.24, 2.45) is 5.92 Å². The van der Waals surface area contributed by atoms with Crippen LogP contribution >= 0.6 is 0 Å². The van der Waals surface area contributed by atoms with E-state index >= 15 is 0 Å². The lowest BCUT2D eigenvalue weighted by atomic mass is 9.91. The molecule has 3 atom stereocenters. The van der Waals surface area contributed by atoms with Crippen molar-refractivity contribution in [2.45, 2.75) is 90.3 Å². The van der Waals surface area contributed by atoms with E-state index in [0.717, 1.165) is 44.1 Å². The first kappa shape index (κ1) is 26.0. The number of rotatable bonds is 8. The van der Waals surface area contributed by atoms with Crippen molar-refractivity contribution in [2.75, 3.05) is 13.2 Å². The van der Waals surface area contributed by atoms with E-state index in [0.29, 0.717) is 38.8 Å². The predicted molar refractivity (Wildman–Crippen MR) is 123 cm³/mol. The number of unbranched alkanes of at least 4 members (excludes halogenated alkanes) is 2. The lowest BCUT2D eigenvalue weighted by molar-refractivity contribution is 0.00135. The van der Waals surface area contributed by atoms with Crippen molar-refractivity contribution in [1.29, 1.82) is 0 Å². The summed E-state index contributed by atoms with van der Waals surface area (Å²) in [6, 6.07) is 5.09. The first-order valence-corrected chi connectivity index (χ1v) is 12.0. The van der Waals surface area contributed by atoms with Gasteiger partial charge in [0.2, 0.25) is 0 Å². The zero-order valence-electron chi connectivity index (χ0n) is 19.5.